The molecule has 50 heavy (non-hydrogen) atoms. The van der Waals surface area contributed by atoms with Gasteiger partial charge in [0.05, 0.1) is 11.0 Å². The first-order valence-corrected chi connectivity index (χ1v) is 16.8. The molecule has 0 radical (unpaired) electrons. The Morgan fingerprint density at radius 3 is 1.84 bits per heavy atom. The second-order valence-electron chi connectivity index (χ2n) is 12.5. The van der Waals surface area contributed by atoms with E-state index >= 15 is 0 Å². The highest BCUT2D eigenvalue weighted by molar-refractivity contribution is 6.25. The van der Waals surface area contributed by atoms with E-state index in [2.05, 4.69) is 137 Å². The molecule has 0 unspecified atom stereocenters. The number of nitrogens with zero attached hydrogens (tertiary/aromatic N) is 4. The van der Waals surface area contributed by atoms with Gasteiger partial charge in [-0.2, -0.15) is 0 Å². The van der Waals surface area contributed by atoms with E-state index in [0.717, 1.165) is 50.1 Å². The molecule has 0 aliphatic heterocycles. The van der Waals surface area contributed by atoms with Crippen LogP contribution in [0.25, 0.3) is 94.6 Å². The molecule has 0 aliphatic rings. The van der Waals surface area contributed by atoms with Gasteiger partial charge in [-0.1, -0.05) is 140 Å². The molecule has 3 aromatic heterocycles. The molecule has 5 heteroatoms. The molecule has 0 aliphatic carbocycles. The van der Waals surface area contributed by atoms with Gasteiger partial charge in [0.1, 0.15) is 0 Å². The maximum atomic E-state index is 5.18. The van der Waals surface area contributed by atoms with Gasteiger partial charge in [-0.05, 0) is 41.5 Å². The van der Waals surface area contributed by atoms with Gasteiger partial charge in [-0.15, -0.1) is 0 Å². The van der Waals surface area contributed by atoms with Crippen LogP contribution in [0.3, 0.4) is 0 Å². The molecule has 1 N–H and O–H groups in total. The molecule has 3 heterocycles. The number of aromatic amines is 1. The number of fused-ring (bicyclic) bond motifs is 7. The monoisotopic (exact) mass is 639 g/mol. The number of hydrogen-bond donors (Lipinski definition) is 1. The zero-order valence-corrected chi connectivity index (χ0v) is 27.0. The Hall–Kier alpha value is -6.85. The molecule has 0 atom stereocenters. The fourth-order valence-corrected chi connectivity index (χ4v) is 7.33. The van der Waals surface area contributed by atoms with E-state index in [1.807, 2.05) is 42.5 Å². The first-order chi connectivity index (χ1) is 24.8. The van der Waals surface area contributed by atoms with E-state index in [1.54, 1.807) is 0 Å². The highest BCUT2D eigenvalue weighted by atomic mass is 15.0. The molecule has 0 amide bonds. The standard InChI is InChI=1S/C45H29N5/c1-3-14-29(15-4-1)33-20-7-8-22-36(33)45-48-43(30-16-5-2-6-17-30)47-44(49-45)31-18-13-19-32(28-31)50-40-25-12-10-21-34(40)35-26-27-39-41(42(35)50)37-23-9-11-24-38(37)46-39/h1-28,46H. The van der Waals surface area contributed by atoms with Gasteiger partial charge in [0.2, 0.25) is 0 Å². The number of para-hydroxylation sites is 2. The average molecular weight is 640 g/mol. The third-order valence-corrected chi connectivity index (χ3v) is 9.59. The van der Waals surface area contributed by atoms with Crippen LogP contribution in [0.5, 0.6) is 0 Å². The minimum atomic E-state index is 0.622. The molecule has 7 aromatic carbocycles. The Morgan fingerprint density at radius 1 is 0.400 bits per heavy atom. The molecule has 0 spiro atoms. The predicted molar refractivity (Wildman–Crippen MR) is 205 cm³/mol. The average Bonchev–Trinajstić information content (AvgIpc) is 3.74. The highest BCUT2D eigenvalue weighted by Gasteiger charge is 2.19. The molecular weight excluding hydrogens is 611 g/mol. The van der Waals surface area contributed by atoms with Crippen molar-refractivity contribution in [2.45, 2.75) is 0 Å². The summed E-state index contributed by atoms with van der Waals surface area (Å²) in [5.41, 5.74) is 10.6. The predicted octanol–water partition coefficient (Wildman–Crippen LogP) is 11.3. The number of hydrogen-bond acceptors (Lipinski definition) is 3. The van der Waals surface area contributed by atoms with Crippen molar-refractivity contribution in [3.63, 3.8) is 0 Å². The summed E-state index contributed by atoms with van der Waals surface area (Å²) in [6.07, 6.45) is 0. The number of H-pyrrole nitrogens is 1. The first kappa shape index (κ1) is 28.2. The maximum absolute atomic E-state index is 5.18. The molecule has 0 bridgehead atoms. The van der Waals surface area contributed by atoms with E-state index in [9.17, 15) is 0 Å². The number of nitrogens with one attached hydrogen (secondary N) is 1. The summed E-state index contributed by atoms with van der Waals surface area (Å²) < 4.78 is 2.39. The van der Waals surface area contributed by atoms with Gasteiger partial charge in [-0.3, -0.25) is 0 Å². The summed E-state index contributed by atoms with van der Waals surface area (Å²) in [6.45, 7) is 0. The molecule has 234 valence electrons. The van der Waals surface area contributed by atoms with Crippen LogP contribution >= 0.6 is 0 Å². The minimum Gasteiger partial charge on any atom is -0.354 e. The summed E-state index contributed by atoms with van der Waals surface area (Å²) in [5, 5.41) is 4.85. The SMILES string of the molecule is c1ccc(-c2nc(-c3cccc(-n4c5ccccc5c5ccc6[nH]c7ccccc7c6c54)c3)nc(-c3ccccc3-c3ccccc3)n2)cc1. The van der Waals surface area contributed by atoms with E-state index in [0.29, 0.717) is 17.5 Å². The zero-order chi connectivity index (χ0) is 33.0. The first-order valence-electron chi connectivity index (χ1n) is 16.8. The normalized spacial score (nSPS) is 11.6. The summed E-state index contributed by atoms with van der Waals surface area (Å²) in [6, 6.07) is 59.1. The Labute approximate surface area is 288 Å². The third kappa shape index (κ3) is 4.52. The topological polar surface area (TPSA) is 59.4 Å². The Morgan fingerprint density at radius 2 is 1.02 bits per heavy atom. The zero-order valence-electron chi connectivity index (χ0n) is 27.0. The van der Waals surface area contributed by atoms with Crippen LogP contribution in [0.1, 0.15) is 0 Å². The van der Waals surface area contributed by atoms with Gasteiger partial charge in [0.15, 0.2) is 17.5 Å². The fourth-order valence-electron chi connectivity index (χ4n) is 7.33. The molecule has 5 nitrogen and oxygen atoms in total. The largest absolute Gasteiger partial charge is 0.354 e. The van der Waals surface area contributed by atoms with E-state index < -0.39 is 0 Å². The van der Waals surface area contributed by atoms with Gasteiger partial charge in [-0.25, -0.2) is 15.0 Å². The van der Waals surface area contributed by atoms with E-state index in [1.165, 1.54) is 27.1 Å². The molecule has 10 rings (SSSR count). The summed E-state index contributed by atoms with van der Waals surface area (Å²) in [4.78, 5) is 19.0. The Bertz CT molecular complexity index is 2870. The van der Waals surface area contributed by atoms with Crippen molar-refractivity contribution in [2.75, 3.05) is 0 Å². The van der Waals surface area contributed by atoms with Gasteiger partial charge in [0, 0.05) is 55.0 Å². The molecule has 0 saturated heterocycles. The molecular formula is C45H29N5. The quantitative estimate of drug-likeness (QED) is 0.204. The lowest BCUT2D eigenvalue weighted by Crippen LogP contribution is -2.02. The van der Waals surface area contributed by atoms with Crippen LogP contribution in [-0.4, -0.2) is 24.5 Å². The lowest BCUT2D eigenvalue weighted by atomic mass is 9.99. The van der Waals surface area contributed by atoms with Crippen molar-refractivity contribution < 1.29 is 0 Å². The lowest BCUT2D eigenvalue weighted by molar-refractivity contribution is 1.07. The summed E-state index contributed by atoms with van der Waals surface area (Å²) in [5.74, 6) is 1.89. The third-order valence-electron chi connectivity index (χ3n) is 9.59. The van der Waals surface area contributed by atoms with Crippen LogP contribution < -0.4 is 0 Å². The summed E-state index contributed by atoms with van der Waals surface area (Å²) in [7, 11) is 0. The van der Waals surface area contributed by atoms with E-state index in [4.69, 9.17) is 15.0 Å². The van der Waals surface area contributed by atoms with Gasteiger partial charge in [0.25, 0.3) is 0 Å². The van der Waals surface area contributed by atoms with Crippen LogP contribution in [-0.2, 0) is 0 Å². The fraction of sp³-hybridized carbons (Fsp3) is 0. The van der Waals surface area contributed by atoms with E-state index in [-0.39, 0.29) is 0 Å². The molecule has 0 saturated carbocycles. The maximum Gasteiger partial charge on any atom is 0.164 e. The number of aromatic nitrogens is 5. The molecule has 0 fully saturated rings. The van der Waals surface area contributed by atoms with Crippen molar-refractivity contribution >= 4 is 43.6 Å². The minimum absolute atomic E-state index is 0.622. The van der Waals surface area contributed by atoms with Crippen molar-refractivity contribution in [1.82, 2.24) is 24.5 Å². The van der Waals surface area contributed by atoms with Crippen LogP contribution in [0.4, 0.5) is 0 Å². The van der Waals surface area contributed by atoms with Crippen LogP contribution in [0.15, 0.2) is 170 Å². The summed E-state index contributed by atoms with van der Waals surface area (Å²) >= 11 is 0. The second-order valence-corrected chi connectivity index (χ2v) is 12.5. The van der Waals surface area contributed by atoms with Crippen molar-refractivity contribution in [2.24, 2.45) is 0 Å². The Balaban J connectivity index is 1.22. The lowest BCUT2D eigenvalue weighted by Gasteiger charge is -2.13. The number of rotatable bonds is 5. The number of benzene rings is 7. The smallest absolute Gasteiger partial charge is 0.164 e. The van der Waals surface area contributed by atoms with Crippen molar-refractivity contribution in [3.05, 3.63) is 170 Å². The van der Waals surface area contributed by atoms with Crippen molar-refractivity contribution in [1.29, 1.82) is 0 Å². The molecule has 10 aromatic rings. The second kappa shape index (κ2) is 11.4. The van der Waals surface area contributed by atoms with Crippen molar-refractivity contribution in [3.8, 4) is 51.0 Å². The van der Waals surface area contributed by atoms with Crippen LogP contribution in [0.2, 0.25) is 0 Å². The van der Waals surface area contributed by atoms with Gasteiger partial charge < -0.3 is 9.55 Å². The van der Waals surface area contributed by atoms with Crippen LogP contribution in [0, 0.1) is 0 Å². The van der Waals surface area contributed by atoms with Gasteiger partial charge >= 0.3 is 0 Å². The Kier molecular flexibility index (Phi) is 6.42. The highest BCUT2D eigenvalue weighted by Crippen LogP contribution is 2.40.